The second kappa shape index (κ2) is 7.63. The molecule has 2 nitrogen and oxygen atoms in total. The predicted molar refractivity (Wildman–Crippen MR) is 80.3 cm³/mol. The normalized spacial score (nSPS) is 11.3. The summed E-state index contributed by atoms with van der Waals surface area (Å²) in [7, 11) is 0. The van der Waals surface area contributed by atoms with E-state index in [1.54, 1.807) is 0 Å². The Labute approximate surface area is 116 Å². The minimum atomic E-state index is 0.526. The smallest absolute Gasteiger partial charge is 0.133 e. The van der Waals surface area contributed by atoms with Crippen LogP contribution in [0, 0.1) is 5.92 Å². The summed E-state index contributed by atoms with van der Waals surface area (Å²) in [6.45, 7) is 10.0. The number of aromatic nitrogens is 1. The summed E-state index contributed by atoms with van der Waals surface area (Å²) in [4.78, 5) is 6.99. The first-order valence-corrected chi connectivity index (χ1v) is 7.43. The van der Waals surface area contributed by atoms with Gasteiger partial charge in [0.2, 0.25) is 0 Å². The van der Waals surface area contributed by atoms with E-state index in [1.165, 1.54) is 0 Å². The molecule has 0 saturated heterocycles. The maximum atomic E-state index is 6.04. The summed E-state index contributed by atoms with van der Waals surface area (Å²) in [5.74, 6) is 2.21. The quantitative estimate of drug-likeness (QED) is 0.678. The zero-order chi connectivity index (χ0) is 13.5. The van der Waals surface area contributed by atoms with Gasteiger partial charge in [0, 0.05) is 24.3 Å². The number of rotatable bonds is 7. The molecule has 0 amide bonds. The summed E-state index contributed by atoms with van der Waals surface area (Å²) >= 11 is 6.04. The van der Waals surface area contributed by atoms with E-state index < -0.39 is 0 Å². The molecule has 0 saturated carbocycles. The lowest BCUT2D eigenvalue weighted by Crippen LogP contribution is -2.38. The van der Waals surface area contributed by atoms with Crippen molar-refractivity contribution in [1.82, 2.24) is 4.98 Å². The lowest BCUT2D eigenvalue weighted by atomic mass is 10.1. The SMILES string of the molecule is CCC(CC)N(CC(C)C)c1ncccc1CCl. The topological polar surface area (TPSA) is 16.1 Å². The molecule has 1 aromatic rings. The van der Waals surface area contributed by atoms with Crippen LogP contribution in [0.2, 0.25) is 0 Å². The average Bonchev–Trinajstić information content (AvgIpc) is 2.38. The molecule has 0 radical (unpaired) electrons. The van der Waals surface area contributed by atoms with Gasteiger partial charge in [0.05, 0.1) is 5.88 Å². The van der Waals surface area contributed by atoms with Crippen molar-refractivity contribution >= 4 is 17.4 Å². The van der Waals surface area contributed by atoms with Crippen LogP contribution in [0.4, 0.5) is 5.82 Å². The number of alkyl halides is 1. The first-order valence-electron chi connectivity index (χ1n) is 6.90. The molecule has 1 aromatic heterocycles. The van der Waals surface area contributed by atoms with Gasteiger partial charge >= 0.3 is 0 Å². The van der Waals surface area contributed by atoms with Crippen molar-refractivity contribution in [2.45, 2.75) is 52.5 Å². The molecule has 3 heteroatoms. The largest absolute Gasteiger partial charge is 0.353 e. The third-order valence-electron chi connectivity index (χ3n) is 3.23. The molecule has 0 aromatic carbocycles. The predicted octanol–water partition coefficient (Wildman–Crippen LogP) is 4.47. The standard InChI is InChI=1S/C15H25ClN2/c1-5-14(6-2)18(11-12(3)4)15-13(10-16)8-7-9-17-15/h7-9,12,14H,5-6,10-11H2,1-4H3. The van der Waals surface area contributed by atoms with E-state index in [2.05, 4.69) is 43.6 Å². The van der Waals surface area contributed by atoms with Gasteiger partial charge in [-0.1, -0.05) is 33.8 Å². The van der Waals surface area contributed by atoms with E-state index in [4.69, 9.17) is 11.6 Å². The van der Waals surface area contributed by atoms with Crippen molar-refractivity contribution in [2.75, 3.05) is 11.4 Å². The lowest BCUT2D eigenvalue weighted by molar-refractivity contribution is 0.502. The fourth-order valence-electron chi connectivity index (χ4n) is 2.32. The molecule has 0 N–H and O–H groups in total. The van der Waals surface area contributed by atoms with E-state index in [9.17, 15) is 0 Å². The number of hydrogen-bond acceptors (Lipinski definition) is 2. The average molecular weight is 269 g/mol. The third-order valence-corrected chi connectivity index (χ3v) is 3.52. The molecule has 102 valence electrons. The Bertz CT molecular complexity index is 348. The van der Waals surface area contributed by atoms with Crippen LogP contribution in [0.1, 0.15) is 46.1 Å². The molecule has 1 rings (SSSR count). The van der Waals surface area contributed by atoms with Crippen LogP contribution in [-0.2, 0) is 5.88 Å². The zero-order valence-corrected chi connectivity index (χ0v) is 12.7. The minimum absolute atomic E-state index is 0.526. The Morgan fingerprint density at radius 3 is 2.44 bits per heavy atom. The summed E-state index contributed by atoms with van der Waals surface area (Å²) in [6.07, 6.45) is 4.14. The molecule has 0 aliphatic rings. The molecule has 18 heavy (non-hydrogen) atoms. The van der Waals surface area contributed by atoms with Crippen LogP contribution in [-0.4, -0.2) is 17.6 Å². The van der Waals surface area contributed by atoms with Crippen molar-refractivity contribution in [3.05, 3.63) is 23.9 Å². The lowest BCUT2D eigenvalue weighted by Gasteiger charge is -2.34. The van der Waals surface area contributed by atoms with E-state index in [0.717, 1.165) is 30.8 Å². The van der Waals surface area contributed by atoms with Gasteiger partial charge in [0.1, 0.15) is 5.82 Å². The van der Waals surface area contributed by atoms with E-state index in [-0.39, 0.29) is 0 Å². The van der Waals surface area contributed by atoms with Gasteiger partial charge in [-0.05, 0) is 24.8 Å². The Kier molecular flexibility index (Phi) is 6.48. The van der Waals surface area contributed by atoms with E-state index >= 15 is 0 Å². The van der Waals surface area contributed by atoms with Gasteiger partial charge in [-0.3, -0.25) is 0 Å². The first kappa shape index (κ1) is 15.3. The highest BCUT2D eigenvalue weighted by molar-refractivity contribution is 6.17. The second-order valence-electron chi connectivity index (χ2n) is 5.14. The molecule has 0 spiro atoms. The first-order chi connectivity index (χ1) is 8.63. The summed E-state index contributed by atoms with van der Waals surface area (Å²) in [5.41, 5.74) is 1.13. The van der Waals surface area contributed by atoms with Gasteiger partial charge < -0.3 is 4.90 Å². The van der Waals surface area contributed by atoms with Gasteiger partial charge in [-0.15, -0.1) is 11.6 Å². The maximum Gasteiger partial charge on any atom is 0.133 e. The molecule has 0 fully saturated rings. The maximum absolute atomic E-state index is 6.04. The molecular formula is C15H25ClN2. The van der Waals surface area contributed by atoms with Gasteiger partial charge in [0.15, 0.2) is 0 Å². The van der Waals surface area contributed by atoms with Gasteiger partial charge in [-0.2, -0.15) is 0 Å². The number of nitrogens with zero attached hydrogens (tertiary/aromatic N) is 2. The molecule has 0 aliphatic heterocycles. The van der Waals surface area contributed by atoms with Crippen LogP contribution in [0.5, 0.6) is 0 Å². The monoisotopic (exact) mass is 268 g/mol. The van der Waals surface area contributed by atoms with Crippen molar-refractivity contribution in [3.63, 3.8) is 0 Å². The van der Waals surface area contributed by atoms with Crippen molar-refractivity contribution in [2.24, 2.45) is 5.92 Å². The number of anilines is 1. The fraction of sp³-hybridized carbons (Fsp3) is 0.667. The zero-order valence-electron chi connectivity index (χ0n) is 12.0. The summed E-state index contributed by atoms with van der Waals surface area (Å²) in [5, 5.41) is 0. The van der Waals surface area contributed by atoms with Crippen molar-refractivity contribution in [1.29, 1.82) is 0 Å². The molecule has 0 bridgehead atoms. The second-order valence-corrected chi connectivity index (χ2v) is 5.40. The van der Waals surface area contributed by atoms with E-state index in [0.29, 0.717) is 17.8 Å². The van der Waals surface area contributed by atoms with Crippen molar-refractivity contribution in [3.8, 4) is 0 Å². The number of halogens is 1. The van der Waals surface area contributed by atoms with Gasteiger partial charge in [0.25, 0.3) is 0 Å². The summed E-state index contributed by atoms with van der Waals surface area (Å²) < 4.78 is 0. The molecule has 0 atom stereocenters. The van der Waals surface area contributed by atoms with Crippen LogP contribution >= 0.6 is 11.6 Å². The number of pyridine rings is 1. The fourth-order valence-corrected chi connectivity index (χ4v) is 2.53. The van der Waals surface area contributed by atoms with Crippen LogP contribution in [0.3, 0.4) is 0 Å². The molecule has 0 unspecified atom stereocenters. The molecular weight excluding hydrogens is 244 g/mol. The summed E-state index contributed by atoms with van der Waals surface area (Å²) in [6, 6.07) is 4.58. The molecule has 0 aliphatic carbocycles. The third kappa shape index (κ3) is 3.88. The van der Waals surface area contributed by atoms with E-state index in [1.807, 2.05) is 12.3 Å². The highest BCUT2D eigenvalue weighted by Gasteiger charge is 2.20. The Hall–Kier alpha value is -0.760. The van der Waals surface area contributed by atoms with Gasteiger partial charge in [-0.25, -0.2) is 4.98 Å². The minimum Gasteiger partial charge on any atom is -0.353 e. The number of hydrogen-bond donors (Lipinski definition) is 0. The van der Waals surface area contributed by atoms with Crippen LogP contribution < -0.4 is 4.90 Å². The highest BCUT2D eigenvalue weighted by Crippen LogP contribution is 2.24. The molecule has 1 heterocycles. The Morgan fingerprint density at radius 1 is 1.28 bits per heavy atom. The Morgan fingerprint density at radius 2 is 1.94 bits per heavy atom. The Balaban J connectivity index is 3.07. The highest BCUT2D eigenvalue weighted by atomic mass is 35.5. The van der Waals surface area contributed by atoms with Crippen LogP contribution in [0.25, 0.3) is 0 Å². The van der Waals surface area contributed by atoms with Crippen LogP contribution in [0.15, 0.2) is 18.3 Å². The van der Waals surface area contributed by atoms with Crippen molar-refractivity contribution < 1.29 is 0 Å².